The van der Waals surface area contributed by atoms with Crippen LogP contribution in [0.4, 0.5) is 0 Å². The summed E-state index contributed by atoms with van der Waals surface area (Å²) in [5, 5.41) is 0. The zero-order chi connectivity index (χ0) is 15.9. The summed E-state index contributed by atoms with van der Waals surface area (Å²) in [5.41, 5.74) is 5.43. The quantitative estimate of drug-likeness (QED) is 0.815. The molecule has 0 bridgehead atoms. The zero-order valence-corrected chi connectivity index (χ0v) is 13.5. The maximum absolute atomic E-state index is 12.6. The molecule has 7 nitrogen and oxygen atoms in total. The summed E-state index contributed by atoms with van der Waals surface area (Å²) in [6.45, 7) is 2.00. The highest BCUT2D eigenvalue weighted by atomic mass is 32.2. The lowest BCUT2D eigenvalue weighted by Gasteiger charge is -2.32. The number of rotatable bonds is 4. The van der Waals surface area contributed by atoms with Crippen molar-refractivity contribution in [2.75, 3.05) is 13.1 Å². The molecule has 3 rings (SSSR count). The number of nitrogens with zero attached hydrogens (tertiary/aromatic N) is 2. The van der Waals surface area contributed by atoms with Crippen LogP contribution in [-0.2, 0) is 17.1 Å². The Morgan fingerprint density at radius 2 is 2.09 bits per heavy atom. The number of amides is 1. The number of aryl methyl sites for hydroxylation is 1. The Hall–Kier alpha value is -1.38. The van der Waals surface area contributed by atoms with E-state index >= 15 is 0 Å². The number of hydrogen-bond donors (Lipinski definition) is 2. The monoisotopic (exact) mass is 326 g/mol. The van der Waals surface area contributed by atoms with Crippen LogP contribution in [0.5, 0.6) is 0 Å². The predicted octanol–water partition coefficient (Wildman–Crippen LogP) is 0.0291. The minimum absolute atomic E-state index is 0.0532. The molecule has 0 radical (unpaired) electrons. The van der Waals surface area contributed by atoms with Crippen LogP contribution in [0.15, 0.2) is 17.2 Å². The average molecular weight is 326 g/mol. The molecule has 2 atom stereocenters. The van der Waals surface area contributed by atoms with Gasteiger partial charge in [0, 0.05) is 31.9 Å². The molecule has 22 heavy (non-hydrogen) atoms. The van der Waals surface area contributed by atoms with Gasteiger partial charge in [-0.25, -0.2) is 13.1 Å². The summed E-state index contributed by atoms with van der Waals surface area (Å²) in [4.78, 5) is 13.7. The Morgan fingerprint density at radius 3 is 2.77 bits per heavy atom. The Balaban J connectivity index is 1.79. The molecule has 2 saturated heterocycles. The maximum Gasteiger partial charge on any atom is 0.265 e. The lowest BCUT2D eigenvalue weighted by Crippen LogP contribution is -2.46. The number of nitrogens with one attached hydrogen (secondary N) is 1. The highest BCUT2D eigenvalue weighted by molar-refractivity contribution is 7.89. The van der Waals surface area contributed by atoms with Crippen LogP contribution < -0.4 is 10.5 Å². The summed E-state index contributed by atoms with van der Waals surface area (Å²) in [6.07, 6.45) is 5.64. The van der Waals surface area contributed by atoms with Gasteiger partial charge in [-0.2, -0.15) is 0 Å². The second-order valence-electron chi connectivity index (χ2n) is 6.15. The summed E-state index contributed by atoms with van der Waals surface area (Å²) in [7, 11) is -2.03. The van der Waals surface area contributed by atoms with Crippen LogP contribution in [-0.4, -0.2) is 49.0 Å². The smallest absolute Gasteiger partial charge is 0.265 e. The number of carbonyl (C=O) groups is 1. The van der Waals surface area contributed by atoms with Gasteiger partial charge in [-0.05, 0) is 31.9 Å². The molecular weight excluding hydrogens is 304 g/mol. The lowest BCUT2D eigenvalue weighted by molar-refractivity contribution is 0.0992. The molecule has 8 heteroatoms. The molecule has 2 aliphatic heterocycles. The van der Waals surface area contributed by atoms with Crippen molar-refractivity contribution in [1.29, 1.82) is 0 Å². The SMILES string of the molecule is Cn1cc(S(=O)(=O)N[C@H]2CCN3CCCC[C@H]23)cc1C(N)=O. The van der Waals surface area contributed by atoms with Crippen molar-refractivity contribution in [2.45, 2.75) is 42.7 Å². The summed E-state index contributed by atoms with van der Waals surface area (Å²) < 4.78 is 29.4. The van der Waals surface area contributed by atoms with Crippen molar-refractivity contribution in [2.24, 2.45) is 12.8 Å². The summed E-state index contributed by atoms with van der Waals surface area (Å²) >= 11 is 0. The number of primary amides is 1. The molecule has 0 unspecified atom stereocenters. The number of sulfonamides is 1. The van der Waals surface area contributed by atoms with E-state index in [1.807, 2.05) is 0 Å². The van der Waals surface area contributed by atoms with Gasteiger partial charge in [0.15, 0.2) is 0 Å². The minimum Gasteiger partial charge on any atom is -0.364 e. The van der Waals surface area contributed by atoms with Gasteiger partial charge in [-0.1, -0.05) is 6.42 Å². The van der Waals surface area contributed by atoms with Crippen LogP contribution in [0.3, 0.4) is 0 Å². The van der Waals surface area contributed by atoms with Gasteiger partial charge < -0.3 is 10.3 Å². The Bertz CT molecular complexity index is 682. The van der Waals surface area contributed by atoms with E-state index in [1.165, 1.54) is 23.3 Å². The third-order valence-electron chi connectivity index (χ3n) is 4.71. The Labute approximate surface area is 130 Å². The van der Waals surface area contributed by atoms with Gasteiger partial charge in [0.2, 0.25) is 10.0 Å². The molecule has 0 saturated carbocycles. The largest absolute Gasteiger partial charge is 0.364 e. The van der Waals surface area contributed by atoms with E-state index < -0.39 is 15.9 Å². The fourth-order valence-electron chi connectivity index (χ4n) is 3.58. The standard InChI is InChI=1S/C14H22N4O3S/c1-17-9-10(8-13(17)14(15)19)22(20,21)16-11-5-7-18-6-3-2-4-12(11)18/h8-9,11-12,16H,2-7H2,1H3,(H2,15,19)/t11-,12+/m0/s1. The molecule has 3 heterocycles. The average Bonchev–Trinajstić information content (AvgIpc) is 3.03. The Morgan fingerprint density at radius 1 is 1.32 bits per heavy atom. The van der Waals surface area contributed by atoms with E-state index in [1.54, 1.807) is 7.05 Å². The van der Waals surface area contributed by atoms with Gasteiger partial charge >= 0.3 is 0 Å². The molecule has 1 amide bonds. The van der Waals surface area contributed by atoms with Gasteiger partial charge in [0.25, 0.3) is 5.91 Å². The molecule has 122 valence electrons. The molecule has 0 spiro atoms. The molecule has 0 aromatic carbocycles. The number of piperidine rings is 1. The lowest BCUT2D eigenvalue weighted by atomic mass is 10.00. The van der Waals surface area contributed by atoms with Crippen molar-refractivity contribution in [3.8, 4) is 0 Å². The third-order valence-corrected chi connectivity index (χ3v) is 6.16. The van der Waals surface area contributed by atoms with Crippen LogP contribution >= 0.6 is 0 Å². The molecular formula is C14H22N4O3S. The number of carbonyl (C=O) groups excluding carboxylic acids is 1. The van der Waals surface area contributed by atoms with Gasteiger partial charge in [0.05, 0.1) is 0 Å². The van der Waals surface area contributed by atoms with Crippen molar-refractivity contribution in [3.05, 3.63) is 18.0 Å². The van der Waals surface area contributed by atoms with Crippen molar-refractivity contribution in [3.63, 3.8) is 0 Å². The minimum atomic E-state index is -3.63. The first-order valence-electron chi connectivity index (χ1n) is 7.61. The van der Waals surface area contributed by atoms with E-state index in [4.69, 9.17) is 5.73 Å². The fraction of sp³-hybridized carbons (Fsp3) is 0.643. The second-order valence-corrected chi connectivity index (χ2v) is 7.87. The van der Waals surface area contributed by atoms with Crippen molar-refractivity contribution in [1.82, 2.24) is 14.2 Å². The topological polar surface area (TPSA) is 97.4 Å². The second kappa shape index (κ2) is 5.68. The van der Waals surface area contributed by atoms with E-state index in [0.717, 1.165) is 32.4 Å². The summed E-state index contributed by atoms with van der Waals surface area (Å²) in [6, 6.07) is 1.57. The van der Waals surface area contributed by atoms with E-state index in [2.05, 4.69) is 9.62 Å². The number of aromatic nitrogens is 1. The fourth-order valence-corrected chi connectivity index (χ4v) is 4.95. The first-order chi connectivity index (χ1) is 10.4. The molecule has 2 fully saturated rings. The van der Waals surface area contributed by atoms with Crippen LogP contribution in [0.2, 0.25) is 0 Å². The van der Waals surface area contributed by atoms with Gasteiger partial charge in [-0.3, -0.25) is 9.69 Å². The molecule has 2 aliphatic rings. The molecule has 1 aromatic rings. The normalized spacial score (nSPS) is 26.0. The van der Waals surface area contributed by atoms with Gasteiger partial charge in [0.1, 0.15) is 10.6 Å². The van der Waals surface area contributed by atoms with E-state index in [0.29, 0.717) is 6.04 Å². The highest BCUT2D eigenvalue weighted by Crippen LogP contribution is 2.28. The first kappa shape index (κ1) is 15.5. The van der Waals surface area contributed by atoms with E-state index in [-0.39, 0.29) is 16.6 Å². The maximum atomic E-state index is 12.6. The molecule has 1 aromatic heterocycles. The Kier molecular flexibility index (Phi) is 4.00. The molecule has 3 N–H and O–H groups in total. The predicted molar refractivity (Wildman–Crippen MR) is 81.9 cm³/mol. The number of fused-ring (bicyclic) bond motifs is 1. The van der Waals surface area contributed by atoms with Crippen molar-refractivity contribution >= 4 is 15.9 Å². The van der Waals surface area contributed by atoms with E-state index in [9.17, 15) is 13.2 Å². The third kappa shape index (κ3) is 2.78. The number of hydrogen-bond acceptors (Lipinski definition) is 4. The number of nitrogens with two attached hydrogens (primary N) is 1. The first-order valence-corrected chi connectivity index (χ1v) is 9.09. The van der Waals surface area contributed by atoms with Gasteiger partial charge in [-0.15, -0.1) is 0 Å². The highest BCUT2D eigenvalue weighted by Gasteiger charge is 2.38. The summed E-state index contributed by atoms with van der Waals surface area (Å²) in [5.74, 6) is -0.636. The van der Waals surface area contributed by atoms with Crippen molar-refractivity contribution < 1.29 is 13.2 Å². The molecule has 0 aliphatic carbocycles. The van der Waals surface area contributed by atoms with Crippen LogP contribution in [0.1, 0.15) is 36.2 Å². The van der Waals surface area contributed by atoms with Crippen LogP contribution in [0.25, 0.3) is 0 Å². The zero-order valence-electron chi connectivity index (χ0n) is 12.7. The van der Waals surface area contributed by atoms with Crippen LogP contribution in [0, 0.1) is 0 Å².